The van der Waals surface area contributed by atoms with Crippen LogP contribution in [0.5, 0.6) is 0 Å². The molecular formula is C27H33N5O4S. The number of amides is 1. The molecule has 4 rings (SSSR count). The molecule has 3 aromatic rings. The molecule has 0 saturated carbocycles. The largest absolute Gasteiger partial charge is 0.469 e. The van der Waals surface area contributed by atoms with Crippen LogP contribution < -0.4 is 5.32 Å². The molecule has 0 fully saturated rings. The zero-order valence-electron chi connectivity index (χ0n) is 22.5. The maximum atomic E-state index is 12.8. The number of aryl methyl sites for hydroxylation is 2. The number of esters is 1. The van der Waals surface area contributed by atoms with E-state index in [1.807, 2.05) is 63.5 Å². The van der Waals surface area contributed by atoms with Gasteiger partial charge in [0.15, 0.2) is 5.82 Å². The van der Waals surface area contributed by atoms with Gasteiger partial charge in [0.25, 0.3) is 0 Å². The Morgan fingerprint density at radius 2 is 1.81 bits per heavy atom. The Bertz CT molecular complexity index is 1360. The Morgan fingerprint density at radius 3 is 2.41 bits per heavy atom. The van der Waals surface area contributed by atoms with E-state index >= 15 is 0 Å². The van der Waals surface area contributed by atoms with Crippen molar-refractivity contribution in [1.29, 1.82) is 0 Å². The van der Waals surface area contributed by atoms with Gasteiger partial charge in [-0.15, -0.1) is 21.5 Å². The van der Waals surface area contributed by atoms with Gasteiger partial charge in [-0.3, -0.25) is 19.7 Å². The number of rotatable bonds is 5. The fraction of sp³-hybridized carbons (Fsp3) is 0.444. The van der Waals surface area contributed by atoms with E-state index in [0.717, 1.165) is 33.2 Å². The topological polar surface area (TPSA) is 108 Å². The van der Waals surface area contributed by atoms with Crippen LogP contribution in [-0.2, 0) is 14.3 Å². The molecule has 0 unspecified atom stereocenters. The van der Waals surface area contributed by atoms with Gasteiger partial charge in [-0.2, -0.15) is 0 Å². The van der Waals surface area contributed by atoms with Crippen molar-refractivity contribution in [1.82, 2.24) is 14.8 Å². The monoisotopic (exact) mass is 523 g/mol. The maximum Gasteiger partial charge on any atom is 0.412 e. The number of nitrogens with one attached hydrogen (secondary N) is 1. The van der Waals surface area contributed by atoms with Gasteiger partial charge < -0.3 is 9.47 Å². The summed E-state index contributed by atoms with van der Waals surface area (Å²) in [5.74, 6) is 0.495. The van der Waals surface area contributed by atoms with E-state index in [4.69, 9.17) is 14.5 Å². The summed E-state index contributed by atoms with van der Waals surface area (Å²) in [5.41, 5.74) is 3.74. The molecule has 196 valence electrons. The third kappa shape index (κ3) is 5.16. The smallest absolute Gasteiger partial charge is 0.412 e. The minimum absolute atomic E-state index is 0.335. The van der Waals surface area contributed by atoms with Crippen molar-refractivity contribution < 1.29 is 19.1 Å². The molecule has 2 atom stereocenters. The minimum atomic E-state index is -0.591. The van der Waals surface area contributed by atoms with Gasteiger partial charge in [0.05, 0.1) is 18.7 Å². The number of carbonyl (C=O) groups is 2. The summed E-state index contributed by atoms with van der Waals surface area (Å²) < 4.78 is 12.5. The van der Waals surface area contributed by atoms with E-state index in [2.05, 4.69) is 29.4 Å². The first-order valence-corrected chi connectivity index (χ1v) is 13.1. The highest BCUT2D eigenvalue weighted by Gasteiger charge is 2.38. The number of thiophene rings is 1. The van der Waals surface area contributed by atoms with Crippen molar-refractivity contribution in [2.24, 2.45) is 10.9 Å². The number of fused-ring (bicyclic) bond motifs is 3. The fourth-order valence-corrected chi connectivity index (χ4v) is 5.63. The third-order valence-electron chi connectivity index (χ3n) is 6.32. The Morgan fingerprint density at radius 1 is 1.14 bits per heavy atom. The number of aliphatic imine (C=N–C) groups is 1. The standard InChI is InChI=1S/C27H33N5O4S/c1-9-19(25(33)35-8)22-23-31-30-16(4)32(23)24-20(14(2)15(3)37-24)21(29-22)17-10-12-18(13-11-17)28-26(34)36-27(5,6)7/h10-13,19,22H,9H2,1-8H3,(H,28,34)/t19-,22+/m1/s1. The lowest BCUT2D eigenvalue weighted by Gasteiger charge is -2.20. The van der Waals surface area contributed by atoms with E-state index < -0.39 is 23.7 Å². The van der Waals surface area contributed by atoms with Gasteiger partial charge in [-0.1, -0.05) is 19.1 Å². The van der Waals surface area contributed by atoms with Crippen molar-refractivity contribution >= 4 is 34.8 Å². The van der Waals surface area contributed by atoms with Crippen LogP contribution in [0.4, 0.5) is 10.5 Å². The van der Waals surface area contributed by atoms with E-state index in [-0.39, 0.29) is 5.97 Å². The molecule has 9 nitrogen and oxygen atoms in total. The summed E-state index contributed by atoms with van der Waals surface area (Å²) in [4.78, 5) is 31.4. The number of methoxy groups -OCH3 is 1. The van der Waals surface area contributed by atoms with Crippen molar-refractivity contribution in [2.75, 3.05) is 12.4 Å². The van der Waals surface area contributed by atoms with Gasteiger partial charge in [-0.25, -0.2) is 4.79 Å². The molecule has 2 aromatic heterocycles. The first kappa shape index (κ1) is 26.5. The minimum Gasteiger partial charge on any atom is -0.469 e. The summed E-state index contributed by atoms with van der Waals surface area (Å²) in [7, 11) is 1.39. The lowest BCUT2D eigenvalue weighted by atomic mass is 9.95. The molecule has 1 amide bonds. The van der Waals surface area contributed by atoms with Crippen molar-refractivity contribution in [3.05, 3.63) is 57.5 Å². The number of hydrogen-bond acceptors (Lipinski definition) is 8. The van der Waals surface area contributed by atoms with Crippen LogP contribution in [0.3, 0.4) is 0 Å². The van der Waals surface area contributed by atoms with Crippen LogP contribution in [0.25, 0.3) is 5.00 Å². The van der Waals surface area contributed by atoms with Gasteiger partial charge in [0, 0.05) is 21.7 Å². The molecule has 1 N–H and O–H groups in total. The third-order valence-corrected chi connectivity index (χ3v) is 7.51. The van der Waals surface area contributed by atoms with Crippen LogP contribution in [0.1, 0.15) is 73.4 Å². The van der Waals surface area contributed by atoms with E-state index in [0.29, 0.717) is 17.9 Å². The quantitative estimate of drug-likeness (QED) is 0.430. The van der Waals surface area contributed by atoms with Crippen LogP contribution in [0, 0.1) is 26.7 Å². The first-order chi connectivity index (χ1) is 17.4. The van der Waals surface area contributed by atoms with E-state index in [1.165, 1.54) is 12.0 Å². The Kier molecular flexibility index (Phi) is 7.23. The molecule has 10 heteroatoms. The summed E-state index contributed by atoms with van der Waals surface area (Å²) >= 11 is 1.65. The number of ether oxygens (including phenoxy) is 2. The maximum absolute atomic E-state index is 12.8. The lowest BCUT2D eigenvalue weighted by Crippen LogP contribution is -2.27. The molecule has 1 aliphatic rings. The number of carbonyl (C=O) groups excluding carboxylic acids is 2. The highest BCUT2D eigenvalue weighted by atomic mass is 32.1. The van der Waals surface area contributed by atoms with Crippen molar-refractivity contribution in [3.63, 3.8) is 0 Å². The van der Waals surface area contributed by atoms with Gasteiger partial charge in [0.1, 0.15) is 22.5 Å². The van der Waals surface area contributed by atoms with Crippen LogP contribution in [0.2, 0.25) is 0 Å². The number of aromatic nitrogens is 3. The van der Waals surface area contributed by atoms with Gasteiger partial charge in [-0.05, 0) is 65.7 Å². The molecule has 0 aliphatic carbocycles. The lowest BCUT2D eigenvalue weighted by molar-refractivity contribution is -0.146. The highest BCUT2D eigenvalue weighted by molar-refractivity contribution is 7.15. The summed E-state index contributed by atoms with van der Waals surface area (Å²) in [5, 5.41) is 12.6. The van der Waals surface area contributed by atoms with E-state index in [9.17, 15) is 9.59 Å². The molecule has 0 bridgehead atoms. The predicted octanol–water partition coefficient (Wildman–Crippen LogP) is 5.69. The molecule has 0 radical (unpaired) electrons. The van der Waals surface area contributed by atoms with Gasteiger partial charge in [0.2, 0.25) is 0 Å². The molecule has 37 heavy (non-hydrogen) atoms. The van der Waals surface area contributed by atoms with E-state index in [1.54, 1.807) is 11.3 Å². The molecule has 1 aromatic carbocycles. The average molecular weight is 524 g/mol. The second-order valence-corrected chi connectivity index (χ2v) is 11.3. The number of nitrogens with zero attached hydrogens (tertiary/aromatic N) is 4. The molecule has 1 aliphatic heterocycles. The zero-order chi connectivity index (χ0) is 27.1. The Hall–Kier alpha value is -3.53. The number of benzene rings is 1. The van der Waals surface area contributed by atoms with Crippen LogP contribution in [0.15, 0.2) is 29.3 Å². The first-order valence-electron chi connectivity index (χ1n) is 12.2. The predicted molar refractivity (Wildman–Crippen MR) is 144 cm³/mol. The summed E-state index contributed by atoms with van der Waals surface area (Å²) in [6, 6.07) is 6.89. The van der Waals surface area contributed by atoms with Crippen molar-refractivity contribution in [2.45, 2.75) is 66.5 Å². The fourth-order valence-electron chi connectivity index (χ4n) is 4.42. The molecule has 3 heterocycles. The van der Waals surface area contributed by atoms with Gasteiger partial charge >= 0.3 is 12.1 Å². The normalized spacial score (nSPS) is 15.7. The zero-order valence-corrected chi connectivity index (χ0v) is 23.3. The average Bonchev–Trinajstić information content (AvgIpc) is 3.30. The number of anilines is 1. The SMILES string of the molecule is CC[C@@H](C(=O)OC)[C@@H]1N=C(c2ccc(NC(=O)OC(C)(C)C)cc2)c2c(sc(C)c2C)-n2c(C)nnc21. The van der Waals surface area contributed by atoms with Crippen LogP contribution >= 0.6 is 11.3 Å². The second kappa shape index (κ2) is 10.1. The molecule has 0 saturated heterocycles. The number of hydrogen-bond donors (Lipinski definition) is 1. The molecule has 0 spiro atoms. The summed E-state index contributed by atoms with van der Waals surface area (Å²) in [6.45, 7) is 13.5. The van der Waals surface area contributed by atoms with Crippen LogP contribution in [-0.4, -0.2) is 45.2 Å². The Balaban J connectivity index is 1.84. The Labute approximate surface area is 220 Å². The second-order valence-electron chi connectivity index (χ2n) is 10.1. The summed E-state index contributed by atoms with van der Waals surface area (Å²) in [6.07, 6.45) is 0.0146. The highest BCUT2D eigenvalue weighted by Crippen LogP contribution is 2.41. The molecular weight excluding hydrogens is 490 g/mol. The van der Waals surface area contributed by atoms with Crippen molar-refractivity contribution in [3.8, 4) is 5.00 Å².